The Morgan fingerprint density at radius 3 is 2.15 bits per heavy atom. The molecule has 1 heterocycles. The van der Waals surface area contributed by atoms with E-state index in [-0.39, 0.29) is 36.3 Å². The molecule has 0 aliphatic heterocycles. The molecule has 4 aromatic rings. The maximum Gasteiger partial charge on any atom is 0.238 e. The largest absolute Gasteiger partial charge is 0.497 e. The minimum atomic E-state index is -3.28. The summed E-state index contributed by atoms with van der Waals surface area (Å²) < 4.78 is 37.6. The molecule has 210 valence electrons. The number of para-hydroxylation sites is 2. The number of aromatic nitrogens is 2. The van der Waals surface area contributed by atoms with E-state index < -0.39 is 10.9 Å². The first-order valence-electron chi connectivity index (χ1n) is 12.2. The lowest BCUT2D eigenvalue weighted by atomic mass is 10.1. The van der Waals surface area contributed by atoms with Gasteiger partial charge in [-0.1, -0.05) is 18.2 Å². The number of carbonyl (C=O) groups excluding carboxylic acids is 1. The third-order valence-corrected chi connectivity index (χ3v) is 6.54. The van der Waals surface area contributed by atoms with Crippen LogP contribution in [0.1, 0.15) is 5.56 Å². The van der Waals surface area contributed by atoms with E-state index in [2.05, 4.69) is 15.6 Å². The molecule has 0 bridgehead atoms. The molecule has 0 unspecified atom stereocenters. The molecule has 0 aliphatic rings. The fourth-order valence-corrected chi connectivity index (χ4v) is 4.67. The molecule has 0 saturated heterocycles. The van der Waals surface area contributed by atoms with Gasteiger partial charge < -0.3 is 30.7 Å². The Labute approximate surface area is 233 Å². The first-order valence-corrected chi connectivity index (χ1v) is 13.3. The fraction of sp³-hybridized carbons (Fsp3) is 0.222. The van der Waals surface area contributed by atoms with E-state index in [0.29, 0.717) is 39.5 Å². The molecule has 3 aromatic carbocycles. The number of rotatable bonds is 11. The molecule has 4 N–H and O–H groups in total. The van der Waals surface area contributed by atoms with Gasteiger partial charge in [-0.15, -0.1) is 0 Å². The number of nitrogens with two attached hydrogens (primary N) is 1. The van der Waals surface area contributed by atoms with Gasteiger partial charge in [-0.25, -0.2) is 22.7 Å². The summed E-state index contributed by atoms with van der Waals surface area (Å²) in [6, 6.07) is 17.2. The van der Waals surface area contributed by atoms with Crippen LogP contribution in [0.2, 0.25) is 0 Å². The highest BCUT2D eigenvalue weighted by Gasteiger charge is 2.24. The monoisotopic (exact) mass is 565 g/mol. The van der Waals surface area contributed by atoms with Crippen molar-refractivity contribution >= 4 is 56.5 Å². The fourth-order valence-electron chi connectivity index (χ4n) is 4.02. The number of anilines is 5. The summed E-state index contributed by atoms with van der Waals surface area (Å²) in [5.74, 6) is 0.974. The van der Waals surface area contributed by atoms with E-state index in [1.165, 1.54) is 14.2 Å². The zero-order valence-electron chi connectivity index (χ0n) is 22.5. The number of nitrogens with one attached hydrogen (secondary N) is 2. The summed E-state index contributed by atoms with van der Waals surface area (Å²) in [5, 5.41) is 5.97. The number of carbonyl (C=O) groups is 1. The van der Waals surface area contributed by atoms with E-state index in [4.69, 9.17) is 20.2 Å². The van der Waals surface area contributed by atoms with Crippen molar-refractivity contribution in [2.24, 2.45) is 5.73 Å². The molecule has 13 heteroatoms. The standard InChI is InChI=1S/C27H31N7O5S/c1-33(2)16-25(35)29-18-10-9-17(15-28)24(13-18)34(40(36)37)27-26(31-22-7-5-6-8-23(22)32-27)30-19-11-20(38-3)14-21(12-19)39-4/h5-14,40H,15-16,28H2,1-4H3,(H,29,35)(H,30,31). The summed E-state index contributed by atoms with van der Waals surface area (Å²) in [6.45, 7) is 0.194. The van der Waals surface area contributed by atoms with Crippen LogP contribution in [-0.2, 0) is 22.2 Å². The first kappa shape index (κ1) is 28.5. The van der Waals surface area contributed by atoms with Gasteiger partial charge >= 0.3 is 0 Å². The van der Waals surface area contributed by atoms with Crippen LogP contribution in [-0.4, -0.2) is 64.1 Å². The van der Waals surface area contributed by atoms with E-state index in [9.17, 15) is 13.2 Å². The van der Waals surface area contributed by atoms with Crippen LogP contribution < -0.4 is 30.1 Å². The molecule has 0 spiro atoms. The molecule has 0 fully saturated rings. The third-order valence-electron chi connectivity index (χ3n) is 5.81. The maximum atomic E-state index is 12.9. The van der Waals surface area contributed by atoms with Gasteiger partial charge in [-0.3, -0.25) is 4.79 Å². The molecule has 1 amide bonds. The van der Waals surface area contributed by atoms with Crippen LogP contribution in [0.25, 0.3) is 11.0 Å². The normalized spacial score (nSPS) is 11.1. The van der Waals surface area contributed by atoms with Gasteiger partial charge in [0.05, 0.1) is 37.5 Å². The van der Waals surface area contributed by atoms with Crippen molar-refractivity contribution in [2.75, 3.05) is 49.8 Å². The lowest BCUT2D eigenvalue weighted by molar-refractivity contribution is -0.116. The van der Waals surface area contributed by atoms with Crippen LogP contribution in [0.4, 0.5) is 28.7 Å². The van der Waals surface area contributed by atoms with Gasteiger partial charge in [0.25, 0.3) is 0 Å². The minimum Gasteiger partial charge on any atom is -0.497 e. The van der Waals surface area contributed by atoms with E-state index in [1.54, 1.807) is 73.6 Å². The Kier molecular flexibility index (Phi) is 8.99. The van der Waals surface area contributed by atoms with Gasteiger partial charge in [0, 0.05) is 36.1 Å². The van der Waals surface area contributed by atoms with Crippen molar-refractivity contribution < 1.29 is 22.7 Å². The zero-order chi connectivity index (χ0) is 28.8. The van der Waals surface area contributed by atoms with Crippen LogP contribution in [0.3, 0.4) is 0 Å². The second-order valence-corrected chi connectivity index (χ2v) is 9.87. The number of thiol groups is 1. The van der Waals surface area contributed by atoms with Gasteiger partial charge in [-0.05, 0) is 43.9 Å². The molecule has 40 heavy (non-hydrogen) atoms. The number of likely N-dealkylation sites (N-methyl/N-ethyl adjacent to an activating group) is 1. The summed E-state index contributed by atoms with van der Waals surface area (Å²) >= 11 is 0. The highest BCUT2D eigenvalue weighted by molar-refractivity contribution is 7.74. The quantitative estimate of drug-likeness (QED) is 0.200. The highest BCUT2D eigenvalue weighted by atomic mass is 32.2. The van der Waals surface area contributed by atoms with Crippen LogP contribution in [0.15, 0.2) is 60.7 Å². The van der Waals surface area contributed by atoms with Gasteiger partial charge in [0.15, 0.2) is 11.6 Å². The summed E-state index contributed by atoms with van der Waals surface area (Å²) in [5.41, 5.74) is 8.73. The predicted molar refractivity (Wildman–Crippen MR) is 156 cm³/mol. The third kappa shape index (κ3) is 6.57. The SMILES string of the molecule is COc1cc(Nc2nc3ccccc3nc2N(c2cc(NC(=O)CN(C)C)ccc2CN)[SH](=O)=O)cc(OC)c1. The molecular formula is C27H31N7O5S. The molecule has 12 nitrogen and oxygen atoms in total. The average Bonchev–Trinajstić information content (AvgIpc) is 2.92. The number of benzene rings is 3. The number of methoxy groups -OCH3 is 2. The summed E-state index contributed by atoms with van der Waals surface area (Å²) in [7, 11) is 3.33. The molecule has 0 radical (unpaired) electrons. The van der Waals surface area contributed by atoms with Crippen LogP contribution >= 0.6 is 0 Å². The van der Waals surface area contributed by atoms with E-state index in [0.717, 1.165) is 4.31 Å². The Bertz CT molecular complexity index is 1580. The molecule has 0 saturated carbocycles. The molecule has 1 aromatic heterocycles. The Morgan fingerprint density at radius 2 is 1.57 bits per heavy atom. The summed E-state index contributed by atoms with van der Waals surface area (Å²) in [6.07, 6.45) is 0. The predicted octanol–water partition coefficient (Wildman–Crippen LogP) is 3.01. The van der Waals surface area contributed by atoms with Crippen molar-refractivity contribution in [3.63, 3.8) is 0 Å². The van der Waals surface area contributed by atoms with Gasteiger partial charge in [0.2, 0.25) is 16.8 Å². The lowest BCUT2D eigenvalue weighted by Gasteiger charge is -2.23. The van der Waals surface area contributed by atoms with Crippen molar-refractivity contribution in [1.29, 1.82) is 0 Å². The first-order chi connectivity index (χ1) is 19.2. The molecular weight excluding hydrogens is 534 g/mol. The average molecular weight is 566 g/mol. The minimum absolute atomic E-state index is 0.0167. The maximum absolute atomic E-state index is 12.9. The number of ether oxygens (including phenoxy) is 2. The van der Waals surface area contributed by atoms with Gasteiger partial charge in [-0.2, -0.15) is 0 Å². The number of hydrogen-bond donors (Lipinski definition) is 4. The number of amides is 1. The lowest BCUT2D eigenvalue weighted by Crippen LogP contribution is -2.27. The van der Waals surface area contributed by atoms with Crippen molar-refractivity contribution in [3.05, 3.63) is 66.2 Å². The number of fused-ring (bicyclic) bond motifs is 1. The Balaban J connectivity index is 1.88. The van der Waals surface area contributed by atoms with E-state index >= 15 is 0 Å². The van der Waals surface area contributed by atoms with E-state index in [1.807, 2.05) is 6.07 Å². The van der Waals surface area contributed by atoms with Crippen LogP contribution in [0.5, 0.6) is 11.5 Å². The smallest absolute Gasteiger partial charge is 0.238 e. The highest BCUT2D eigenvalue weighted by Crippen LogP contribution is 2.37. The molecule has 4 rings (SSSR count). The Morgan fingerprint density at radius 1 is 0.925 bits per heavy atom. The molecule has 0 atom stereocenters. The van der Waals surface area contributed by atoms with Crippen molar-refractivity contribution in [1.82, 2.24) is 14.9 Å². The summed E-state index contributed by atoms with van der Waals surface area (Å²) in [4.78, 5) is 23.5. The second kappa shape index (κ2) is 12.6. The zero-order valence-corrected chi connectivity index (χ0v) is 23.4. The second-order valence-electron chi connectivity index (χ2n) is 8.99. The number of nitrogens with zero attached hydrogens (tertiary/aromatic N) is 4. The van der Waals surface area contributed by atoms with Crippen LogP contribution in [0, 0.1) is 0 Å². The number of hydrogen-bond acceptors (Lipinski definition) is 10. The Hall–Kier alpha value is -4.46. The van der Waals surface area contributed by atoms with Crippen molar-refractivity contribution in [3.8, 4) is 11.5 Å². The van der Waals surface area contributed by atoms with Gasteiger partial charge in [0.1, 0.15) is 11.5 Å². The topological polar surface area (TPSA) is 152 Å². The van der Waals surface area contributed by atoms with Crippen molar-refractivity contribution in [2.45, 2.75) is 6.54 Å². The molecule has 0 aliphatic carbocycles.